The first kappa shape index (κ1) is 12.6. The number of nitrogens with two attached hydrogens (primary N) is 1. The fraction of sp³-hybridized carbons (Fsp3) is 0.154. The average molecular weight is 284 g/mol. The molecule has 0 bridgehead atoms. The van der Waals surface area contributed by atoms with Gasteiger partial charge in [0.25, 0.3) is 0 Å². The molecule has 1 atom stereocenters. The number of nitrogens with one attached hydrogen (secondary N) is 1. The molecule has 0 amide bonds. The van der Waals surface area contributed by atoms with E-state index in [-0.39, 0.29) is 6.04 Å². The van der Waals surface area contributed by atoms with E-state index in [2.05, 4.69) is 21.5 Å². The average Bonchev–Trinajstić information content (AvgIpc) is 2.91. The minimum Gasteiger partial charge on any atom is -0.383 e. The lowest BCUT2D eigenvalue weighted by molar-refractivity contribution is 0.781. The molecule has 0 radical (unpaired) electrons. The van der Waals surface area contributed by atoms with Gasteiger partial charge < -0.3 is 11.1 Å². The number of benzene rings is 1. The van der Waals surface area contributed by atoms with Gasteiger partial charge in [-0.25, -0.2) is 0 Å². The van der Waals surface area contributed by atoms with E-state index in [1.807, 2.05) is 36.6 Å². The fourth-order valence-corrected chi connectivity index (χ4v) is 2.46. The van der Waals surface area contributed by atoms with E-state index >= 15 is 0 Å². The zero-order chi connectivity index (χ0) is 14.1. The molecule has 3 rings (SSSR count). The predicted molar refractivity (Wildman–Crippen MR) is 77.6 cm³/mol. The van der Waals surface area contributed by atoms with Crippen molar-refractivity contribution in [1.29, 1.82) is 5.26 Å². The van der Waals surface area contributed by atoms with Gasteiger partial charge >= 0.3 is 0 Å². The molecule has 2 aromatic rings. The Hall–Kier alpha value is -2.46. The van der Waals surface area contributed by atoms with E-state index < -0.39 is 0 Å². The van der Waals surface area contributed by atoms with Gasteiger partial charge in [-0.1, -0.05) is 42.1 Å². The first-order chi connectivity index (χ1) is 9.74. The summed E-state index contributed by atoms with van der Waals surface area (Å²) in [4.78, 5) is 4.34. The highest BCUT2D eigenvalue weighted by molar-refractivity contribution is 7.98. The fourth-order valence-electron chi connectivity index (χ4n) is 2.12. The molecule has 0 saturated heterocycles. The smallest absolute Gasteiger partial charge is 0.229 e. The van der Waals surface area contributed by atoms with Crippen LogP contribution in [0.5, 0.6) is 0 Å². The molecule has 1 aromatic heterocycles. The zero-order valence-electron chi connectivity index (χ0n) is 10.7. The molecule has 7 heteroatoms. The topological polar surface area (TPSA) is 92.6 Å². The Kier molecular flexibility index (Phi) is 3.08. The summed E-state index contributed by atoms with van der Waals surface area (Å²) in [5.41, 5.74) is 7.48. The second-order valence-electron chi connectivity index (χ2n) is 4.23. The summed E-state index contributed by atoms with van der Waals surface area (Å²) in [6.07, 6.45) is 1.89. The van der Waals surface area contributed by atoms with E-state index in [1.54, 1.807) is 0 Å². The molecule has 3 N–H and O–H groups in total. The van der Waals surface area contributed by atoms with Crippen molar-refractivity contribution >= 4 is 23.5 Å². The molecule has 6 nitrogen and oxygen atoms in total. The van der Waals surface area contributed by atoms with Crippen LogP contribution in [0.1, 0.15) is 11.6 Å². The van der Waals surface area contributed by atoms with E-state index in [0.717, 1.165) is 5.56 Å². The summed E-state index contributed by atoms with van der Waals surface area (Å²) < 4.78 is 1.48. The molecule has 100 valence electrons. The van der Waals surface area contributed by atoms with Crippen LogP contribution in [0.4, 0.5) is 5.95 Å². The van der Waals surface area contributed by atoms with Crippen molar-refractivity contribution in [3.63, 3.8) is 0 Å². The van der Waals surface area contributed by atoms with Crippen LogP contribution in [0.2, 0.25) is 0 Å². The van der Waals surface area contributed by atoms with Gasteiger partial charge in [0.1, 0.15) is 11.9 Å². The quantitative estimate of drug-likeness (QED) is 0.817. The third-order valence-electron chi connectivity index (χ3n) is 3.09. The number of hydrogen-bond donors (Lipinski definition) is 2. The SMILES string of the molecule is CSc1nc2n(n1)C(N)=C(C#N)C(c1ccccc1)N2. The van der Waals surface area contributed by atoms with Gasteiger partial charge in [-0.2, -0.15) is 14.9 Å². The number of anilines is 1. The minimum atomic E-state index is -0.299. The highest BCUT2D eigenvalue weighted by Crippen LogP contribution is 2.33. The molecule has 0 aliphatic carbocycles. The Morgan fingerprint density at radius 2 is 2.15 bits per heavy atom. The maximum absolute atomic E-state index is 9.39. The van der Waals surface area contributed by atoms with Crippen LogP contribution in [-0.2, 0) is 0 Å². The Balaban J connectivity index is 2.12. The maximum Gasteiger partial charge on any atom is 0.229 e. The van der Waals surface area contributed by atoms with Gasteiger partial charge in [0.15, 0.2) is 0 Å². The van der Waals surface area contributed by atoms with Gasteiger partial charge in [0, 0.05) is 0 Å². The van der Waals surface area contributed by atoms with Crippen molar-refractivity contribution in [3.8, 4) is 6.07 Å². The minimum absolute atomic E-state index is 0.299. The van der Waals surface area contributed by atoms with Crippen molar-refractivity contribution in [2.24, 2.45) is 5.73 Å². The molecule has 1 aliphatic rings. The summed E-state index contributed by atoms with van der Waals surface area (Å²) in [6, 6.07) is 11.5. The number of hydrogen-bond acceptors (Lipinski definition) is 6. The molecule has 1 aromatic carbocycles. The van der Waals surface area contributed by atoms with Crippen LogP contribution in [-0.4, -0.2) is 21.0 Å². The van der Waals surface area contributed by atoms with Gasteiger partial charge in [0.2, 0.25) is 11.1 Å². The van der Waals surface area contributed by atoms with Crippen molar-refractivity contribution in [2.45, 2.75) is 11.2 Å². The highest BCUT2D eigenvalue weighted by Gasteiger charge is 2.29. The van der Waals surface area contributed by atoms with Crippen molar-refractivity contribution in [1.82, 2.24) is 14.8 Å². The normalized spacial score (nSPS) is 17.3. The Morgan fingerprint density at radius 3 is 2.80 bits per heavy atom. The third-order valence-corrected chi connectivity index (χ3v) is 3.63. The van der Waals surface area contributed by atoms with Gasteiger partial charge in [0.05, 0.1) is 11.6 Å². The molecule has 1 unspecified atom stereocenters. The van der Waals surface area contributed by atoms with Gasteiger partial charge in [-0.05, 0) is 11.8 Å². The second kappa shape index (κ2) is 4.90. The number of thioether (sulfide) groups is 1. The van der Waals surface area contributed by atoms with Crippen molar-refractivity contribution in [2.75, 3.05) is 11.6 Å². The third kappa shape index (κ3) is 1.90. The summed E-state index contributed by atoms with van der Waals surface area (Å²) >= 11 is 1.43. The number of aromatic nitrogens is 3. The summed E-state index contributed by atoms with van der Waals surface area (Å²) in [7, 11) is 0. The van der Waals surface area contributed by atoms with Gasteiger partial charge in [-0.15, -0.1) is 5.10 Å². The Labute approximate surface area is 120 Å². The molecule has 0 saturated carbocycles. The molecule has 2 heterocycles. The Morgan fingerprint density at radius 1 is 1.40 bits per heavy atom. The standard InChI is InChI=1S/C13H12N6S/c1-20-13-17-12-16-10(8-5-3-2-4-6-8)9(7-14)11(15)19(12)18-13/h2-6,10H,15H2,1H3,(H,16,17,18). The number of nitrogens with zero attached hydrogens (tertiary/aromatic N) is 4. The molecule has 0 fully saturated rings. The molecular formula is C13H12N6S. The second-order valence-corrected chi connectivity index (χ2v) is 5.01. The van der Waals surface area contributed by atoms with E-state index in [9.17, 15) is 5.26 Å². The number of nitriles is 1. The predicted octanol–water partition coefficient (Wildman–Crippen LogP) is 1.82. The van der Waals surface area contributed by atoms with Gasteiger partial charge in [-0.3, -0.25) is 0 Å². The molecular weight excluding hydrogens is 272 g/mol. The molecule has 0 spiro atoms. The molecule has 1 aliphatic heterocycles. The van der Waals surface area contributed by atoms with Crippen LogP contribution < -0.4 is 11.1 Å². The number of fused-ring (bicyclic) bond motifs is 1. The monoisotopic (exact) mass is 284 g/mol. The lowest BCUT2D eigenvalue weighted by Gasteiger charge is -2.25. The Bertz CT molecular complexity index is 712. The van der Waals surface area contributed by atoms with Crippen LogP contribution in [0.3, 0.4) is 0 Å². The lowest BCUT2D eigenvalue weighted by Crippen LogP contribution is -2.27. The maximum atomic E-state index is 9.39. The van der Waals surface area contributed by atoms with Crippen molar-refractivity contribution < 1.29 is 0 Å². The van der Waals surface area contributed by atoms with Crippen molar-refractivity contribution in [3.05, 3.63) is 41.5 Å². The summed E-state index contributed by atoms with van der Waals surface area (Å²) in [5.74, 6) is 0.877. The highest BCUT2D eigenvalue weighted by atomic mass is 32.2. The van der Waals surface area contributed by atoms with E-state index in [4.69, 9.17) is 5.73 Å². The molecule has 20 heavy (non-hydrogen) atoms. The first-order valence-corrected chi connectivity index (χ1v) is 7.19. The van der Waals surface area contributed by atoms with E-state index in [0.29, 0.717) is 22.5 Å². The lowest BCUT2D eigenvalue weighted by atomic mass is 9.98. The van der Waals surface area contributed by atoms with Crippen LogP contribution >= 0.6 is 11.8 Å². The number of rotatable bonds is 2. The van der Waals surface area contributed by atoms with Crippen LogP contribution in [0, 0.1) is 11.3 Å². The van der Waals surface area contributed by atoms with Crippen LogP contribution in [0.15, 0.2) is 41.1 Å². The van der Waals surface area contributed by atoms with E-state index in [1.165, 1.54) is 16.4 Å². The summed E-state index contributed by atoms with van der Waals surface area (Å²) in [6.45, 7) is 0. The van der Waals surface area contributed by atoms with Crippen LogP contribution in [0.25, 0.3) is 5.82 Å². The first-order valence-electron chi connectivity index (χ1n) is 5.97. The zero-order valence-corrected chi connectivity index (χ0v) is 11.6. The largest absolute Gasteiger partial charge is 0.383 e. The summed E-state index contributed by atoms with van der Waals surface area (Å²) in [5, 5.41) is 17.5.